The van der Waals surface area contributed by atoms with Gasteiger partial charge in [0.05, 0.1) is 18.2 Å². The molecule has 2 aliphatic rings. The maximum Gasteiger partial charge on any atom is 0.301 e. The number of benzene rings is 3. The number of ketones is 1. The molecule has 11 heteroatoms. The van der Waals surface area contributed by atoms with Crippen molar-refractivity contribution in [3.63, 3.8) is 0 Å². The van der Waals surface area contributed by atoms with Gasteiger partial charge in [-0.15, -0.1) is 10.2 Å². The quantitative estimate of drug-likeness (QED) is 0.0629. The van der Waals surface area contributed by atoms with Gasteiger partial charge in [-0.1, -0.05) is 67.3 Å². The molecule has 3 aromatic carbocycles. The SMILES string of the molecule is CC(C)CCOc1cccc([C@H]2/C(=C(\O)c3ccc4c(c3)C[C@H](C)O4)C(=O)C(=O)N2c2nnc(SCc3ccccc3F)s2)c1. The number of nitrogens with zero attached hydrogens (tertiary/aromatic N) is 3. The Bertz CT molecular complexity index is 1790. The summed E-state index contributed by atoms with van der Waals surface area (Å²) in [4.78, 5) is 28.7. The van der Waals surface area contributed by atoms with Crippen LogP contribution in [0.3, 0.4) is 0 Å². The lowest BCUT2D eigenvalue weighted by atomic mass is 9.94. The van der Waals surface area contributed by atoms with Crippen LogP contribution in [0.1, 0.15) is 55.5 Å². The van der Waals surface area contributed by atoms with E-state index < -0.39 is 17.7 Å². The van der Waals surface area contributed by atoms with Crippen molar-refractivity contribution in [1.29, 1.82) is 0 Å². The van der Waals surface area contributed by atoms with Crippen molar-refractivity contribution in [2.24, 2.45) is 5.92 Å². The van der Waals surface area contributed by atoms with Crippen LogP contribution in [0, 0.1) is 11.7 Å². The molecule has 8 nitrogen and oxygen atoms in total. The van der Waals surface area contributed by atoms with Crippen molar-refractivity contribution in [1.82, 2.24) is 10.2 Å². The number of carbonyl (C=O) groups is 2. The first-order valence-electron chi connectivity index (χ1n) is 14.7. The Kier molecular flexibility index (Phi) is 8.91. The van der Waals surface area contributed by atoms with Crippen LogP contribution in [0.5, 0.6) is 11.5 Å². The Hall–Kier alpha value is -4.22. The topological polar surface area (TPSA) is 102 Å². The molecule has 45 heavy (non-hydrogen) atoms. The van der Waals surface area contributed by atoms with E-state index in [1.54, 1.807) is 54.6 Å². The molecule has 0 radical (unpaired) electrons. The molecule has 0 bridgehead atoms. The number of aromatic nitrogens is 2. The van der Waals surface area contributed by atoms with E-state index in [1.165, 1.54) is 22.7 Å². The molecule has 1 saturated heterocycles. The van der Waals surface area contributed by atoms with E-state index in [-0.39, 0.29) is 28.4 Å². The molecule has 1 aromatic heterocycles. The lowest BCUT2D eigenvalue weighted by Crippen LogP contribution is -2.29. The van der Waals surface area contributed by atoms with Crippen molar-refractivity contribution in [3.05, 3.63) is 100 Å². The lowest BCUT2D eigenvalue weighted by molar-refractivity contribution is -0.132. The number of fused-ring (bicyclic) bond motifs is 1. The van der Waals surface area contributed by atoms with Gasteiger partial charge in [0, 0.05) is 17.7 Å². The summed E-state index contributed by atoms with van der Waals surface area (Å²) in [5.74, 6) is -0.158. The zero-order chi connectivity index (χ0) is 31.7. The van der Waals surface area contributed by atoms with Crippen LogP contribution in [-0.2, 0) is 21.8 Å². The van der Waals surface area contributed by atoms with Gasteiger partial charge in [-0.05, 0) is 72.4 Å². The third-order valence-electron chi connectivity index (χ3n) is 7.66. The summed E-state index contributed by atoms with van der Waals surface area (Å²) in [7, 11) is 0. The Morgan fingerprint density at radius 3 is 2.76 bits per heavy atom. The molecular formula is C34H32FN3O5S2. The average Bonchev–Trinajstić information content (AvgIpc) is 3.71. The summed E-state index contributed by atoms with van der Waals surface area (Å²) in [6.07, 6.45) is 1.54. The summed E-state index contributed by atoms with van der Waals surface area (Å²) >= 11 is 2.41. The average molecular weight is 646 g/mol. The molecule has 232 valence electrons. The number of amides is 1. The molecule has 1 amide bonds. The molecule has 0 saturated carbocycles. The van der Waals surface area contributed by atoms with E-state index in [0.717, 1.165) is 29.1 Å². The van der Waals surface area contributed by atoms with Crippen molar-refractivity contribution in [3.8, 4) is 11.5 Å². The Morgan fingerprint density at radius 1 is 1.13 bits per heavy atom. The van der Waals surface area contributed by atoms with Gasteiger partial charge >= 0.3 is 5.91 Å². The van der Waals surface area contributed by atoms with Crippen LogP contribution >= 0.6 is 23.1 Å². The van der Waals surface area contributed by atoms with E-state index in [2.05, 4.69) is 24.0 Å². The monoisotopic (exact) mass is 645 g/mol. The maximum atomic E-state index is 14.2. The van der Waals surface area contributed by atoms with Crippen molar-refractivity contribution >= 4 is 45.7 Å². The number of thioether (sulfide) groups is 1. The Morgan fingerprint density at radius 2 is 1.96 bits per heavy atom. The van der Waals surface area contributed by atoms with Crippen molar-refractivity contribution < 1.29 is 28.6 Å². The molecule has 0 unspecified atom stereocenters. The highest BCUT2D eigenvalue weighted by molar-refractivity contribution is 8.00. The minimum absolute atomic E-state index is 0.00395. The van der Waals surface area contributed by atoms with E-state index in [4.69, 9.17) is 9.47 Å². The fourth-order valence-electron chi connectivity index (χ4n) is 5.37. The third kappa shape index (κ3) is 6.46. The Labute approximate surface area is 268 Å². The summed E-state index contributed by atoms with van der Waals surface area (Å²) in [5.41, 5.74) is 2.37. The number of rotatable bonds is 10. The van der Waals surface area contributed by atoms with E-state index in [0.29, 0.717) is 51.5 Å². The van der Waals surface area contributed by atoms with E-state index in [9.17, 15) is 19.1 Å². The largest absolute Gasteiger partial charge is 0.507 e. The minimum atomic E-state index is -0.987. The van der Waals surface area contributed by atoms with Crippen LogP contribution in [-0.4, -0.2) is 39.7 Å². The molecule has 4 aromatic rings. The zero-order valence-corrected chi connectivity index (χ0v) is 26.7. The summed E-state index contributed by atoms with van der Waals surface area (Å²) in [5, 5.41) is 20.3. The molecule has 6 rings (SSSR count). The fraction of sp³-hybridized carbons (Fsp3) is 0.294. The highest BCUT2D eigenvalue weighted by atomic mass is 32.2. The van der Waals surface area contributed by atoms with Crippen molar-refractivity contribution in [2.45, 2.75) is 55.9 Å². The highest BCUT2D eigenvalue weighted by Crippen LogP contribution is 2.45. The highest BCUT2D eigenvalue weighted by Gasteiger charge is 2.48. The van der Waals surface area contributed by atoms with Gasteiger partial charge in [0.2, 0.25) is 5.13 Å². The zero-order valence-electron chi connectivity index (χ0n) is 25.0. The number of aliphatic hydroxyl groups is 1. The predicted octanol–water partition coefficient (Wildman–Crippen LogP) is 7.34. The van der Waals surface area contributed by atoms with Gasteiger partial charge in [-0.25, -0.2) is 4.39 Å². The molecule has 3 heterocycles. The minimum Gasteiger partial charge on any atom is -0.507 e. The smallest absolute Gasteiger partial charge is 0.301 e. The normalized spacial score (nSPS) is 18.8. The van der Waals surface area contributed by atoms with Crippen molar-refractivity contribution in [2.75, 3.05) is 11.5 Å². The summed E-state index contributed by atoms with van der Waals surface area (Å²) < 4.78 is 26.5. The Balaban J connectivity index is 1.38. The second-order valence-electron chi connectivity index (χ2n) is 11.5. The van der Waals surface area contributed by atoms with Gasteiger partial charge in [0.25, 0.3) is 5.78 Å². The first-order valence-corrected chi connectivity index (χ1v) is 16.5. The molecule has 1 N–H and O–H groups in total. The number of aliphatic hydroxyl groups excluding tert-OH is 1. The van der Waals surface area contributed by atoms with Gasteiger partial charge in [0.15, 0.2) is 4.34 Å². The first-order chi connectivity index (χ1) is 21.7. The van der Waals surface area contributed by atoms with E-state index in [1.807, 2.05) is 13.0 Å². The predicted molar refractivity (Wildman–Crippen MR) is 172 cm³/mol. The van der Waals surface area contributed by atoms with Gasteiger partial charge < -0.3 is 14.6 Å². The van der Waals surface area contributed by atoms with Crippen LogP contribution in [0.2, 0.25) is 0 Å². The lowest BCUT2D eigenvalue weighted by Gasteiger charge is -2.23. The molecule has 0 aliphatic carbocycles. The van der Waals surface area contributed by atoms with Crippen LogP contribution in [0.4, 0.5) is 9.52 Å². The first kappa shape index (κ1) is 30.8. The second kappa shape index (κ2) is 13.0. The molecule has 1 fully saturated rings. The maximum absolute atomic E-state index is 14.2. The summed E-state index contributed by atoms with van der Waals surface area (Å²) in [6, 6.07) is 17.9. The number of Topliss-reactive ketones (excluding diaryl/α,β-unsaturated/α-hetero) is 1. The number of hydrogen-bond donors (Lipinski definition) is 1. The van der Waals surface area contributed by atoms with Crippen LogP contribution < -0.4 is 14.4 Å². The standard InChI is InChI=1S/C34H32FN3O5S2/c1-19(2)13-14-42-25-9-6-8-21(17-25)29-28(30(39)22-11-12-27-24(16-22)15-20(3)43-27)31(40)32(41)38(29)33-36-37-34(45-33)44-18-23-7-4-5-10-26(23)35/h4-12,16-17,19-20,29,39H,13-15,18H2,1-3H3/b30-28+/t20-,29-/m0/s1. The number of anilines is 1. The summed E-state index contributed by atoms with van der Waals surface area (Å²) in [6.45, 7) is 6.70. The third-order valence-corrected chi connectivity index (χ3v) is 9.77. The fourth-order valence-corrected chi connectivity index (χ4v) is 7.22. The van der Waals surface area contributed by atoms with Crippen LogP contribution in [0.25, 0.3) is 5.76 Å². The second-order valence-corrected chi connectivity index (χ2v) is 13.6. The van der Waals surface area contributed by atoms with Gasteiger partial charge in [-0.2, -0.15) is 0 Å². The van der Waals surface area contributed by atoms with Crippen LogP contribution in [0.15, 0.2) is 76.6 Å². The molecular weight excluding hydrogens is 614 g/mol. The van der Waals surface area contributed by atoms with Gasteiger partial charge in [-0.3, -0.25) is 14.5 Å². The van der Waals surface area contributed by atoms with E-state index >= 15 is 0 Å². The number of halogens is 1. The number of ether oxygens (including phenoxy) is 2. The molecule has 2 atom stereocenters. The number of carbonyl (C=O) groups excluding carboxylic acids is 2. The number of hydrogen-bond acceptors (Lipinski definition) is 9. The molecule has 0 spiro atoms. The van der Waals surface area contributed by atoms with Gasteiger partial charge in [0.1, 0.15) is 29.2 Å². The molecule has 2 aliphatic heterocycles.